The second-order valence-electron chi connectivity index (χ2n) is 4.26. The van der Waals surface area contributed by atoms with E-state index < -0.39 is 11.7 Å². The Labute approximate surface area is 117 Å². The number of benzene rings is 2. The van der Waals surface area contributed by atoms with Crippen molar-refractivity contribution >= 4 is 17.3 Å². The van der Waals surface area contributed by atoms with Gasteiger partial charge >= 0.3 is 0 Å². The molecular weight excluding hydrogens is 257 g/mol. The molecule has 0 saturated heterocycles. The van der Waals surface area contributed by atoms with Crippen molar-refractivity contribution in [2.75, 3.05) is 16.9 Å². The van der Waals surface area contributed by atoms with Gasteiger partial charge in [0.2, 0.25) is 0 Å². The number of hydrogen-bond donors (Lipinski definition) is 2. The SMILES string of the molecule is CCNc1ccc(C(=O)N(N)c2cccc(F)c2)cc1. The fourth-order valence-corrected chi connectivity index (χ4v) is 1.82. The van der Waals surface area contributed by atoms with Crippen LogP contribution in [0.15, 0.2) is 48.5 Å². The van der Waals surface area contributed by atoms with Crippen LogP contribution >= 0.6 is 0 Å². The number of carbonyl (C=O) groups is 1. The molecule has 0 aliphatic heterocycles. The Morgan fingerprint density at radius 3 is 2.55 bits per heavy atom. The second-order valence-corrected chi connectivity index (χ2v) is 4.26. The molecule has 5 heteroatoms. The Kier molecular flexibility index (Phi) is 4.32. The van der Waals surface area contributed by atoms with E-state index in [4.69, 9.17) is 5.84 Å². The third kappa shape index (κ3) is 3.13. The summed E-state index contributed by atoms with van der Waals surface area (Å²) in [6.07, 6.45) is 0. The lowest BCUT2D eigenvalue weighted by molar-refractivity contribution is 0.0987. The van der Waals surface area contributed by atoms with Crippen molar-refractivity contribution in [3.05, 3.63) is 59.9 Å². The maximum atomic E-state index is 13.1. The van der Waals surface area contributed by atoms with E-state index in [-0.39, 0.29) is 0 Å². The number of anilines is 2. The minimum Gasteiger partial charge on any atom is -0.385 e. The summed E-state index contributed by atoms with van der Waals surface area (Å²) in [6, 6.07) is 12.6. The number of hydrogen-bond acceptors (Lipinski definition) is 3. The van der Waals surface area contributed by atoms with Gasteiger partial charge in [-0.1, -0.05) is 6.07 Å². The largest absolute Gasteiger partial charge is 0.385 e. The van der Waals surface area contributed by atoms with Crippen LogP contribution in [0.5, 0.6) is 0 Å². The minimum absolute atomic E-state index is 0.311. The number of nitrogens with two attached hydrogens (primary N) is 1. The molecule has 2 aromatic carbocycles. The average molecular weight is 273 g/mol. The monoisotopic (exact) mass is 273 g/mol. The van der Waals surface area contributed by atoms with Crippen LogP contribution in [0.25, 0.3) is 0 Å². The zero-order valence-electron chi connectivity index (χ0n) is 11.1. The predicted molar refractivity (Wildman–Crippen MR) is 78.0 cm³/mol. The van der Waals surface area contributed by atoms with Gasteiger partial charge in [-0.3, -0.25) is 4.79 Å². The van der Waals surface area contributed by atoms with E-state index in [2.05, 4.69) is 5.32 Å². The van der Waals surface area contributed by atoms with E-state index in [9.17, 15) is 9.18 Å². The fourth-order valence-electron chi connectivity index (χ4n) is 1.82. The van der Waals surface area contributed by atoms with E-state index >= 15 is 0 Å². The zero-order valence-corrected chi connectivity index (χ0v) is 11.1. The lowest BCUT2D eigenvalue weighted by Crippen LogP contribution is -2.37. The Bertz CT molecular complexity index is 598. The zero-order chi connectivity index (χ0) is 14.5. The van der Waals surface area contributed by atoms with Gasteiger partial charge in [0.1, 0.15) is 5.82 Å². The van der Waals surface area contributed by atoms with Crippen LogP contribution in [0, 0.1) is 5.82 Å². The molecule has 0 aliphatic carbocycles. The molecule has 0 saturated carbocycles. The van der Waals surface area contributed by atoms with Crippen LogP contribution < -0.4 is 16.2 Å². The summed E-state index contributed by atoms with van der Waals surface area (Å²) in [7, 11) is 0. The maximum Gasteiger partial charge on any atom is 0.272 e. The Morgan fingerprint density at radius 1 is 1.25 bits per heavy atom. The summed E-state index contributed by atoms with van der Waals surface area (Å²) < 4.78 is 13.1. The van der Waals surface area contributed by atoms with E-state index in [0.29, 0.717) is 11.3 Å². The Balaban J connectivity index is 2.18. The molecule has 20 heavy (non-hydrogen) atoms. The Hall–Kier alpha value is -2.40. The molecule has 2 rings (SSSR count). The second kappa shape index (κ2) is 6.16. The molecular formula is C15H16FN3O. The highest BCUT2D eigenvalue weighted by atomic mass is 19.1. The molecule has 3 N–H and O–H groups in total. The van der Waals surface area contributed by atoms with Gasteiger partial charge < -0.3 is 5.32 Å². The standard InChI is InChI=1S/C15H16FN3O/c1-2-18-13-8-6-11(7-9-13)15(20)19(17)14-5-3-4-12(16)10-14/h3-10,18H,2,17H2,1H3. The fraction of sp³-hybridized carbons (Fsp3) is 0.133. The smallest absolute Gasteiger partial charge is 0.272 e. The van der Waals surface area contributed by atoms with Crippen molar-refractivity contribution in [2.24, 2.45) is 5.84 Å². The molecule has 1 amide bonds. The predicted octanol–water partition coefficient (Wildman–Crippen LogP) is 2.78. The Morgan fingerprint density at radius 2 is 1.95 bits per heavy atom. The number of amides is 1. The van der Waals surface area contributed by atoms with Gasteiger partial charge in [-0.25, -0.2) is 15.2 Å². The van der Waals surface area contributed by atoms with Crippen molar-refractivity contribution in [1.82, 2.24) is 0 Å². The normalized spacial score (nSPS) is 10.2. The molecule has 0 fully saturated rings. The molecule has 0 bridgehead atoms. The average Bonchev–Trinajstić information content (AvgIpc) is 2.47. The lowest BCUT2D eigenvalue weighted by Gasteiger charge is -2.17. The van der Waals surface area contributed by atoms with Gasteiger partial charge in [-0.05, 0) is 49.4 Å². The van der Waals surface area contributed by atoms with E-state index in [1.54, 1.807) is 30.3 Å². The van der Waals surface area contributed by atoms with Crippen molar-refractivity contribution in [3.63, 3.8) is 0 Å². The number of nitrogens with zero attached hydrogens (tertiary/aromatic N) is 1. The first-order chi connectivity index (χ1) is 9.61. The van der Waals surface area contributed by atoms with Crippen molar-refractivity contribution in [2.45, 2.75) is 6.92 Å². The van der Waals surface area contributed by atoms with Gasteiger partial charge in [0, 0.05) is 17.8 Å². The van der Waals surface area contributed by atoms with Crippen LogP contribution in [0.1, 0.15) is 17.3 Å². The highest BCUT2D eigenvalue weighted by Crippen LogP contribution is 2.16. The van der Waals surface area contributed by atoms with Gasteiger partial charge in [0.15, 0.2) is 0 Å². The summed E-state index contributed by atoms with van der Waals surface area (Å²) >= 11 is 0. The first-order valence-electron chi connectivity index (χ1n) is 6.30. The molecule has 4 nitrogen and oxygen atoms in total. The number of rotatable bonds is 4. The summed E-state index contributed by atoms with van der Waals surface area (Å²) in [5.41, 5.74) is 1.68. The molecule has 0 aliphatic rings. The molecule has 104 valence electrons. The number of hydrazine groups is 1. The first kappa shape index (κ1) is 14.0. The number of nitrogens with one attached hydrogen (secondary N) is 1. The van der Waals surface area contributed by atoms with E-state index in [1.165, 1.54) is 18.2 Å². The summed E-state index contributed by atoms with van der Waals surface area (Å²) in [5, 5.41) is 4.07. The van der Waals surface area contributed by atoms with E-state index in [0.717, 1.165) is 17.2 Å². The highest BCUT2D eigenvalue weighted by Gasteiger charge is 2.14. The van der Waals surface area contributed by atoms with Gasteiger partial charge in [-0.2, -0.15) is 0 Å². The number of halogens is 1. The summed E-state index contributed by atoms with van der Waals surface area (Å²) in [4.78, 5) is 12.2. The van der Waals surface area contributed by atoms with Crippen LogP contribution in [0.4, 0.5) is 15.8 Å². The summed E-state index contributed by atoms with van der Waals surface area (Å²) in [5.74, 6) is 4.91. The van der Waals surface area contributed by atoms with Crippen LogP contribution in [-0.2, 0) is 0 Å². The van der Waals surface area contributed by atoms with Gasteiger partial charge in [-0.15, -0.1) is 0 Å². The highest BCUT2D eigenvalue weighted by molar-refractivity contribution is 6.05. The topological polar surface area (TPSA) is 58.4 Å². The number of carbonyl (C=O) groups excluding carboxylic acids is 1. The molecule has 0 aromatic heterocycles. The van der Waals surface area contributed by atoms with Gasteiger partial charge in [0.25, 0.3) is 5.91 Å². The van der Waals surface area contributed by atoms with E-state index in [1.807, 2.05) is 6.92 Å². The molecule has 0 unspecified atom stereocenters. The maximum absolute atomic E-state index is 13.1. The van der Waals surface area contributed by atoms with Gasteiger partial charge in [0.05, 0.1) is 5.69 Å². The van der Waals surface area contributed by atoms with Crippen LogP contribution in [-0.4, -0.2) is 12.5 Å². The molecule has 0 heterocycles. The quantitative estimate of drug-likeness (QED) is 0.511. The van der Waals surface area contributed by atoms with Crippen molar-refractivity contribution in [1.29, 1.82) is 0 Å². The van der Waals surface area contributed by atoms with Crippen LogP contribution in [0.2, 0.25) is 0 Å². The van der Waals surface area contributed by atoms with Crippen molar-refractivity contribution < 1.29 is 9.18 Å². The van der Waals surface area contributed by atoms with Crippen molar-refractivity contribution in [3.8, 4) is 0 Å². The molecule has 0 atom stereocenters. The molecule has 0 radical (unpaired) electrons. The van der Waals surface area contributed by atoms with Crippen LogP contribution in [0.3, 0.4) is 0 Å². The summed E-state index contributed by atoms with van der Waals surface area (Å²) in [6.45, 7) is 2.80. The molecule has 0 spiro atoms. The lowest BCUT2D eigenvalue weighted by atomic mass is 10.2. The third-order valence-corrected chi connectivity index (χ3v) is 2.82. The minimum atomic E-state index is -0.437. The molecule has 2 aromatic rings. The first-order valence-corrected chi connectivity index (χ1v) is 6.30. The third-order valence-electron chi connectivity index (χ3n) is 2.82.